The van der Waals surface area contributed by atoms with E-state index in [-0.39, 0.29) is 5.92 Å². The Bertz CT molecular complexity index is 891. The molecule has 0 amide bonds. The first-order valence-corrected chi connectivity index (χ1v) is 8.94. The molecule has 2 aromatic rings. The summed E-state index contributed by atoms with van der Waals surface area (Å²) in [5, 5.41) is 33.3. The zero-order valence-corrected chi connectivity index (χ0v) is 15.6. The lowest BCUT2D eigenvalue weighted by molar-refractivity contribution is 0.473. The van der Waals surface area contributed by atoms with Gasteiger partial charge in [-0.05, 0) is 31.9 Å². The van der Waals surface area contributed by atoms with Gasteiger partial charge >= 0.3 is 0 Å². The number of aromatic nitrogens is 2. The average molecular weight is 361 g/mol. The molecule has 1 saturated heterocycles. The Balaban J connectivity index is 1.90. The smallest absolute Gasteiger partial charge is 0.104 e. The van der Waals surface area contributed by atoms with Crippen molar-refractivity contribution < 1.29 is 0 Å². The number of nitriles is 1. The molecule has 1 aromatic heterocycles. The van der Waals surface area contributed by atoms with Gasteiger partial charge in [-0.1, -0.05) is 12.1 Å². The van der Waals surface area contributed by atoms with Crippen molar-refractivity contribution in [2.75, 3.05) is 25.0 Å². The van der Waals surface area contributed by atoms with Crippen molar-refractivity contribution in [3.8, 4) is 17.2 Å². The van der Waals surface area contributed by atoms with Gasteiger partial charge in [0.05, 0.1) is 29.5 Å². The SMILES string of the molecule is Cc1cc(-c2cccc(C#N)c2N2CCC(C(=N)N(C)C=N)CC2)cnn1. The van der Waals surface area contributed by atoms with Gasteiger partial charge in [-0.2, -0.15) is 15.5 Å². The highest BCUT2D eigenvalue weighted by atomic mass is 15.2. The fraction of sp³-hybridized carbons (Fsp3) is 0.350. The Hall–Kier alpha value is -3.27. The van der Waals surface area contributed by atoms with E-state index in [0.717, 1.165) is 48.4 Å². The van der Waals surface area contributed by atoms with Crippen LogP contribution in [0, 0.1) is 35.0 Å². The van der Waals surface area contributed by atoms with Crippen molar-refractivity contribution in [2.24, 2.45) is 5.92 Å². The van der Waals surface area contributed by atoms with E-state index in [0.29, 0.717) is 11.4 Å². The molecule has 0 spiro atoms. The third kappa shape index (κ3) is 3.80. The zero-order valence-electron chi connectivity index (χ0n) is 15.6. The fourth-order valence-corrected chi connectivity index (χ4v) is 3.56. The lowest BCUT2D eigenvalue weighted by atomic mass is 9.92. The van der Waals surface area contributed by atoms with E-state index in [9.17, 15) is 5.26 Å². The van der Waals surface area contributed by atoms with E-state index >= 15 is 0 Å². The van der Waals surface area contributed by atoms with Gasteiger partial charge in [0.2, 0.25) is 0 Å². The van der Waals surface area contributed by atoms with E-state index in [1.807, 2.05) is 31.2 Å². The number of anilines is 1. The van der Waals surface area contributed by atoms with Crippen LogP contribution in [0.2, 0.25) is 0 Å². The molecule has 2 N–H and O–H groups in total. The second-order valence-electron chi connectivity index (χ2n) is 6.79. The molecule has 2 heterocycles. The summed E-state index contributed by atoms with van der Waals surface area (Å²) in [4.78, 5) is 3.79. The summed E-state index contributed by atoms with van der Waals surface area (Å²) in [5.74, 6) is 0.614. The predicted molar refractivity (Wildman–Crippen MR) is 106 cm³/mol. The van der Waals surface area contributed by atoms with Gasteiger partial charge in [-0.3, -0.25) is 10.8 Å². The number of hydrogen-bond acceptors (Lipinski definition) is 6. The summed E-state index contributed by atoms with van der Waals surface area (Å²) in [7, 11) is 1.74. The Morgan fingerprint density at radius 1 is 1.37 bits per heavy atom. The largest absolute Gasteiger partial charge is 0.370 e. The molecular weight excluding hydrogens is 338 g/mol. The van der Waals surface area contributed by atoms with Crippen molar-refractivity contribution >= 4 is 17.9 Å². The number of para-hydroxylation sites is 1. The van der Waals surface area contributed by atoms with E-state index in [1.165, 1.54) is 6.34 Å². The fourth-order valence-electron chi connectivity index (χ4n) is 3.56. The molecule has 138 valence electrons. The lowest BCUT2D eigenvalue weighted by Gasteiger charge is -2.36. The summed E-state index contributed by atoms with van der Waals surface area (Å²) in [6, 6.07) is 10.1. The van der Waals surface area contributed by atoms with Gasteiger partial charge in [0.15, 0.2) is 0 Å². The number of nitrogens with zero attached hydrogens (tertiary/aromatic N) is 5. The molecule has 0 unspecified atom stereocenters. The van der Waals surface area contributed by atoms with Gasteiger partial charge in [0.1, 0.15) is 11.9 Å². The third-order valence-electron chi connectivity index (χ3n) is 5.02. The maximum atomic E-state index is 9.65. The van der Waals surface area contributed by atoms with Gasteiger partial charge in [0, 0.05) is 37.2 Å². The average Bonchev–Trinajstić information content (AvgIpc) is 2.72. The molecule has 1 aromatic carbocycles. The number of aryl methyl sites for hydroxylation is 1. The molecule has 0 atom stereocenters. The van der Waals surface area contributed by atoms with Crippen LogP contribution in [-0.4, -0.2) is 47.4 Å². The molecule has 3 rings (SSSR count). The van der Waals surface area contributed by atoms with Crippen LogP contribution in [0.5, 0.6) is 0 Å². The van der Waals surface area contributed by atoms with Gasteiger partial charge in [-0.15, -0.1) is 0 Å². The molecule has 7 heteroatoms. The minimum absolute atomic E-state index is 0.135. The van der Waals surface area contributed by atoms with Crippen LogP contribution < -0.4 is 4.90 Å². The molecule has 0 bridgehead atoms. The second-order valence-corrected chi connectivity index (χ2v) is 6.79. The molecule has 1 aliphatic heterocycles. The molecule has 27 heavy (non-hydrogen) atoms. The Kier molecular flexibility index (Phi) is 5.46. The van der Waals surface area contributed by atoms with E-state index < -0.39 is 0 Å². The minimum atomic E-state index is 0.135. The molecule has 0 aliphatic carbocycles. The Morgan fingerprint density at radius 2 is 2.11 bits per heavy atom. The van der Waals surface area contributed by atoms with Gasteiger partial charge in [-0.25, -0.2) is 0 Å². The first kappa shape index (κ1) is 18.5. The van der Waals surface area contributed by atoms with E-state index in [1.54, 1.807) is 18.1 Å². The Labute approximate surface area is 159 Å². The monoisotopic (exact) mass is 361 g/mol. The molecule has 1 fully saturated rings. The summed E-state index contributed by atoms with van der Waals surface area (Å²) < 4.78 is 0. The van der Waals surface area contributed by atoms with Crippen molar-refractivity contribution in [1.82, 2.24) is 15.1 Å². The van der Waals surface area contributed by atoms with Crippen LogP contribution in [0.3, 0.4) is 0 Å². The first-order chi connectivity index (χ1) is 13.0. The number of hydrogen-bond donors (Lipinski definition) is 2. The van der Waals surface area contributed by atoms with Crippen molar-refractivity contribution in [1.29, 1.82) is 16.1 Å². The Morgan fingerprint density at radius 3 is 2.74 bits per heavy atom. The summed E-state index contributed by atoms with van der Waals surface area (Å²) in [6.07, 6.45) is 4.55. The maximum Gasteiger partial charge on any atom is 0.104 e. The highest BCUT2D eigenvalue weighted by Crippen LogP contribution is 2.36. The first-order valence-electron chi connectivity index (χ1n) is 8.94. The van der Waals surface area contributed by atoms with Crippen molar-refractivity contribution in [3.05, 3.63) is 41.7 Å². The number of benzene rings is 1. The number of amidine groups is 1. The van der Waals surface area contributed by atoms with Crippen LogP contribution in [0.1, 0.15) is 24.1 Å². The van der Waals surface area contributed by atoms with E-state index in [4.69, 9.17) is 10.8 Å². The van der Waals surface area contributed by atoms with Crippen LogP contribution in [-0.2, 0) is 0 Å². The predicted octanol–water partition coefficient (Wildman–Crippen LogP) is 3.06. The quantitative estimate of drug-likeness (QED) is 0.643. The van der Waals surface area contributed by atoms with Gasteiger partial charge in [0.25, 0.3) is 0 Å². The standard InChI is InChI=1S/C20H23N7/c1-14-10-17(12-24-25-14)18-5-3-4-16(11-21)19(18)27-8-6-15(7-9-27)20(23)26(2)13-22/h3-5,10,12-13,15,22-23H,6-9H2,1-2H3. The third-order valence-corrected chi connectivity index (χ3v) is 5.02. The topological polar surface area (TPSA) is 104 Å². The van der Waals surface area contributed by atoms with Crippen LogP contribution in [0.15, 0.2) is 30.5 Å². The number of rotatable bonds is 4. The molecule has 7 nitrogen and oxygen atoms in total. The van der Waals surface area contributed by atoms with Crippen molar-refractivity contribution in [2.45, 2.75) is 19.8 Å². The second kappa shape index (κ2) is 7.96. The summed E-state index contributed by atoms with van der Waals surface area (Å²) >= 11 is 0. The minimum Gasteiger partial charge on any atom is -0.370 e. The number of piperidine rings is 1. The normalized spacial score (nSPS) is 14.5. The highest BCUT2D eigenvalue weighted by Gasteiger charge is 2.27. The van der Waals surface area contributed by atoms with Crippen LogP contribution in [0.25, 0.3) is 11.1 Å². The maximum absolute atomic E-state index is 9.65. The van der Waals surface area contributed by atoms with Crippen molar-refractivity contribution in [3.63, 3.8) is 0 Å². The lowest BCUT2D eigenvalue weighted by Crippen LogP contribution is -2.41. The molecule has 1 aliphatic rings. The zero-order chi connectivity index (χ0) is 19.4. The molecule has 0 radical (unpaired) electrons. The van der Waals surface area contributed by atoms with Gasteiger partial charge < -0.3 is 9.80 Å². The molecular formula is C20H23N7. The summed E-state index contributed by atoms with van der Waals surface area (Å²) in [6.45, 7) is 3.44. The highest BCUT2D eigenvalue weighted by molar-refractivity contribution is 5.90. The van der Waals surface area contributed by atoms with E-state index in [2.05, 4.69) is 21.2 Å². The van der Waals surface area contributed by atoms with Crippen LogP contribution >= 0.6 is 0 Å². The van der Waals surface area contributed by atoms with Crippen LogP contribution in [0.4, 0.5) is 5.69 Å². The summed E-state index contributed by atoms with van der Waals surface area (Å²) in [5.41, 5.74) is 4.35. The molecule has 0 saturated carbocycles. The number of nitrogens with one attached hydrogen (secondary N) is 2.